The summed E-state index contributed by atoms with van der Waals surface area (Å²) in [5.41, 5.74) is 0.960. The molecule has 1 aliphatic heterocycles. The van der Waals surface area contributed by atoms with Crippen LogP contribution >= 0.6 is 24.0 Å². The van der Waals surface area contributed by atoms with Crippen LogP contribution in [0.3, 0.4) is 0 Å². The fourth-order valence-electron chi connectivity index (χ4n) is 1.62. The summed E-state index contributed by atoms with van der Waals surface area (Å²) in [5, 5.41) is 0. The smallest absolute Gasteiger partial charge is 0.266 e. The van der Waals surface area contributed by atoms with E-state index in [2.05, 4.69) is 0 Å². The van der Waals surface area contributed by atoms with E-state index in [1.165, 1.54) is 11.8 Å². The molecule has 2 rings (SSSR count). The maximum atomic E-state index is 12.0. The van der Waals surface area contributed by atoms with Crippen molar-refractivity contribution in [3.05, 3.63) is 40.7 Å². The van der Waals surface area contributed by atoms with E-state index in [0.717, 1.165) is 11.3 Å². The van der Waals surface area contributed by atoms with Crippen LogP contribution < -0.4 is 0 Å². The Kier molecular flexibility index (Phi) is 4.04. The normalized spacial score (nSPS) is 19.1. The third kappa shape index (κ3) is 2.73. The van der Waals surface area contributed by atoms with Gasteiger partial charge in [-0.05, 0) is 43.7 Å². The lowest BCUT2D eigenvalue weighted by atomic mass is 10.2. The second-order valence-electron chi connectivity index (χ2n) is 3.83. The van der Waals surface area contributed by atoms with Crippen LogP contribution in [0.4, 0.5) is 0 Å². The molecular formula is C13H13NO2S2. The van der Waals surface area contributed by atoms with Gasteiger partial charge in [-0.2, -0.15) is 0 Å². The first-order chi connectivity index (χ1) is 8.61. The second kappa shape index (κ2) is 5.54. The third-order valence-corrected chi connectivity index (χ3v) is 3.84. The number of allylic oxidation sites excluding steroid dienone is 2. The molecule has 1 aliphatic rings. The summed E-state index contributed by atoms with van der Waals surface area (Å²) in [6.45, 7) is 4.46. The van der Waals surface area contributed by atoms with Gasteiger partial charge >= 0.3 is 0 Å². The number of thiocarbonyl (C=S) groups is 1. The Morgan fingerprint density at radius 2 is 2.39 bits per heavy atom. The van der Waals surface area contributed by atoms with E-state index in [0.29, 0.717) is 15.8 Å². The molecule has 1 aromatic rings. The average Bonchev–Trinajstić information content (AvgIpc) is 2.89. The fourth-order valence-corrected chi connectivity index (χ4v) is 3.05. The van der Waals surface area contributed by atoms with Crippen molar-refractivity contribution in [2.24, 2.45) is 0 Å². The van der Waals surface area contributed by atoms with Gasteiger partial charge in [0.25, 0.3) is 5.91 Å². The summed E-state index contributed by atoms with van der Waals surface area (Å²) < 4.78 is 5.85. The van der Waals surface area contributed by atoms with Crippen molar-refractivity contribution in [2.75, 3.05) is 6.54 Å². The molecule has 0 aliphatic carbocycles. The van der Waals surface area contributed by atoms with Crippen molar-refractivity contribution in [1.82, 2.24) is 4.90 Å². The standard InChI is InChI=1S/C13H13NO2S2/c1-3-14-12(15)11(18-13(14)17)8-9(2)7-10-5-4-6-16-10/h4-8H,3H2,1-2H3/b9-7+,11-8-. The molecule has 1 amide bonds. The Morgan fingerprint density at radius 1 is 1.61 bits per heavy atom. The quantitative estimate of drug-likeness (QED) is 0.627. The Labute approximate surface area is 116 Å². The first-order valence-electron chi connectivity index (χ1n) is 5.59. The SMILES string of the molecule is CCN1C(=O)/C(=C/C(C)=C/c2ccco2)SC1=S. The monoisotopic (exact) mass is 279 g/mol. The highest BCUT2D eigenvalue weighted by Crippen LogP contribution is 2.31. The first kappa shape index (κ1) is 13.1. The van der Waals surface area contributed by atoms with Gasteiger partial charge < -0.3 is 4.42 Å². The highest BCUT2D eigenvalue weighted by atomic mass is 32.2. The third-order valence-electron chi connectivity index (χ3n) is 2.46. The van der Waals surface area contributed by atoms with Crippen molar-refractivity contribution in [2.45, 2.75) is 13.8 Å². The van der Waals surface area contributed by atoms with Crippen molar-refractivity contribution in [3.8, 4) is 0 Å². The molecule has 1 saturated heterocycles. The van der Waals surface area contributed by atoms with E-state index < -0.39 is 0 Å². The molecule has 3 nitrogen and oxygen atoms in total. The van der Waals surface area contributed by atoms with Gasteiger partial charge in [-0.1, -0.05) is 24.0 Å². The second-order valence-corrected chi connectivity index (χ2v) is 5.51. The number of amides is 1. The molecular weight excluding hydrogens is 266 g/mol. The lowest BCUT2D eigenvalue weighted by Gasteiger charge is -2.09. The lowest BCUT2D eigenvalue weighted by Crippen LogP contribution is -2.27. The van der Waals surface area contributed by atoms with E-state index in [1.807, 2.05) is 38.1 Å². The molecule has 0 bridgehead atoms. The van der Waals surface area contributed by atoms with Crippen molar-refractivity contribution < 1.29 is 9.21 Å². The van der Waals surface area contributed by atoms with Crippen LogP contribution in [0.2, 0.25) is 0 Å². The Balaban J connectivity index is 2.20. The van der Waals surface area contributed by atoms with Gasteiger partial charge in [0, 0.05) is 6.54 Å². The van der Waals surface area contributed by atoms with Gasteiger partial charge in [0.05, 0.1) is 11.2 Å². The zero-order valence-electron chi connectivity index (χ0n) is 10.2. The minimum absolute atomic E-state index is 0.0142. The van der Waals surface area contributed by atoms with Crippen LogP contribution in [0.25, 0.3) is 6.08 Å². The Bertz CT molecular complexity index is 529. The Hall–Kier alpha value is -1.33. The summed E-state index contributed by atoms with van der Waals surface area (Å²) in [4.78, 5) is 14.3. The zero-order chi connectivity index (χ0) is 13.1. The molecule has 0 N–H and O–H groups in total. The van der Waals surface area contributed by atoms with Gasteiger partial charge in [0.2, 0.25) is 0 Å². The Morgan fingerprint density at radius 3 is 2.94 bits per heavy atom. The number of furan rings is 1. The summed E-state index contributed by atoms with van der Waals surface area (Å²) in [6, 6.07) is 3.70. The molecule has 94 valence electrons. The number of hydrogen-bond donors (Lipinski definition) is 0. The predicted octanol–water partition coefficient (Wildman–Crippen LogP) is 3.45. The van der Waals surface area contributed by atoms with Crippen molar-refractivity contribution in [3.63, 3.8) is 0 Å². The topological polar surface area (TPSA) is 33.5 Å². The predicted molar refractivity (Wildman–Crippen MR) is 78.0 cm³/mol. The minimum Gasteiger partial charge on any atom is -0.465 e. The van der Waals surface area contributed by atoms with E-state index in [-0.39, 0.29) is 5.91 Å². The highest BCUT2D eigenvalue weighted by Gasteiger charge is 2.30. The van der Waals surface area contributed by atoms with Gasteiger partial charge in [-0.3, -0.25) is 9.69 Å². The number of nitrogens with zero attached hydrogens (tertiary/aromatic N) is 1. The largest absolute Gasteiger partial charge is 0.465 e. The molecule has 18 heavy (non-hydrogen) atoms. The number of carbonyl (C=O) groups excluding carboxylic acids is 1. The number of carbonyl (C=O) groups is 1. The molecule has 1 aromatic heterocycles. The summed E-state index contributed by atoms with van der Waals surface area (Å²) >= 11 is 6.50. The van der Waals surface area contributed by atoms with Crippen LogP contribution in [-0.2, 0) is 4.79 Å². The molecule has 0 unspecified atom stereocenters. The average molecular weight is 279 g/mol. The maximum Gasteiger partial charge on any atom is 0.266 e. The summed E-state index contributed by atoms with van der Waals surface area (Å²) in [5.74, 6) is 0.759. The number of hydrogen-bond acceptors (Lipinski definition) is 4. The van der Waals surface area contributed by atoms with Crippen LogP contribution in [-0.4, -0.2) is 21.7 Å². The van der Waals surface area contributed by atoms with E-state index in [9.17, 15) is 4.79 Å². The van der Waals surface area contributed by atoms with Gasteiger partial charge in [0.1, 0.15) is 10.1 Å². The molecule has 1 fully saturated rings. The van der Waals surface area contributed by atoms with Crippen LogP contribution in [0.15, 0.2) is 39.4 Å². The van der Waals surface area contributed by atoms with E-state index in [4.69, 9.17) is 16.6 Å². The lowest BCUT2D eigenvalue weighted by molar-refractivity contribution is -0.122. The number of rotatable bonds is 3. The van der Waals surface area contributed by atoms with Crippen LogP contribution in [0, 0.1) is 0 Å². The van der Waals surface area contributed by atoms with Crippen LogP contribution in [0.1, 0.15) is 19.6 Å². The van der Waals surface area contributed by atoms with Gasteiger partial charge in [-0.25, -0.2) is 0 Å². The van der Waals surface area contributed by atoms with E-state index >= 15 is 0 Å². The van der Waals surface area contributed by atoms with Crippen LogP contribution in [0.5, 0.6) is 0 Å². The first-order valence-corrected chi connectivity index (χ1v) is 6.81. The van der Waals surface area contributed by atoms with Gasteiger partial charge in [-0.15, -0.1) is 0 Å². The molecule has 0 saturated carbocycles. The molecule has 0 atom stereocenters. The number of thioether (sulfide) groups is 1. The van der Waals surface area contributed by atoms with Gasteiger partial charge in [0.15, 0.2) is 0 Å². The maximum absolute atomic E-state index is 12.0. The van der Waals surface area contributed by atoms with E-state index in [1.54, 1.807) is 11.2 Å². The molecule has 0 spiro atoms. The van der Waals surface area contributed by atoms with Crippen molar-refractivity contribution in [1.29, 1.82) is 0 Å². The minimum atomic E-state index is -0.0142. The molecule has 0 aromatic carbocycles. The number of likely N-dealkylation sites (N-methyl/N-ethyl adjacent to an activating group) is 1. The molecule has 2 heterocycles. The highest BCUT2D eigenvalue weighted by molar-refractivity contribution is 8.26. The van der Waals surface area contributed by atoms with Crippen molar-refractivity contribution >= 4 is 40.3 Å². The fraction of sp³-hybridized carbons (Fsp3) is 0.231. The molecule has 0 radical (unpaired) electrons. The zero-order valence-corrected chi connectivity index (χ0v) is 11.8. The summed E-state index contributed by atoms with van der Waals surface area (Å²) in [6.07, 6.45) is 5.35. The summed E-state index contributed by atoms with van der Waals surface area (Å²) in [7, 11) is 0. The molecule has 5 heteroatoms.